The van der Waals surface area contributed by atoms with Crippen LogP contribution in [0.25, 0.3) is 0 Å². The number of piperazine rings is 1. The Morgan fingerprint density at radius 1 is 1.41 bits per heavy atom. The van der Waals surface area contributed by atoms with E-state index in [-0.39, 0.29) is 5.69 Å². The second-order valence-electron chi connectivity index (χ2n) is 5.40. The maximum absolute atomic E-state index is 10.8. The summed E-state index contributed by atoms with van der Waals surface area (Å²) in [5, 5.41) is 20.0. The summed E-state index contributed by atoms with van der Waals surface area (Å²) in [6.07, 6.45) is 0. The van der Waals surface area contributed by atoms with Crippen LogP contribution in [0.3, 0.4) is 0 Å². The van der Waals surface area contributed by atoms with Gasteiger partial charge in [0.1, 0.15) is 6.07 Å². The Morgan fingerprint density at radius 3 is 2.64 bits per heavy atom. The van der Waals surface area contributed by atoms with E-state index in [9.17, 15) is 15.4 Å². The average molecular weight is 304 g/mol. The number of ether oxygens (including phenoxy) is 1. The topological polar surface area (TPSA) is 82.6 Å². The summed E-state index contributed by atoms with van der Waals surface area (Å²) >= 11 is 0. The molecule has 2 rings (SSSR count). The summed E-state index contributed by atoms with van der Waals surface area (Å²) in [6.45, 7) is 6.17. The first-order chi connectivity index (χ1) is 10.6. The third-order valence-corrected chi connectivity index (χ3v) is 4.00. The van der Waals surface area contributed by atoms with E-state index in [1.807, 2.05) is 0 Å². The summed E-state index contributed by atoms with van der Waals surface area (Å²) in [4.78, 5) is 14.8. The Balaban J connectivity index is 2.08. The number of anilines is 1. The van der Waals surface area contributed by atoms with Crippen molar-refractivity contribution in [1.29, 1.82) is 5.26 Å². The van der Waals surface area contributed by atoms with Crippen LogP contribution in [0.4, 0.5) is 11.4 Å². The largest absolute Gasteiger partial charge is 0.383 e. The highest BCUT2D eigenvalue weighted by Gasteiger charge is 2.23. The van der Waals surface area contributed by atoms with Crippen molar-refractivity contribution in [3.05, 3.63) is 33.9 Å². The van der Waals surface area contributed by atoms with E-state index < -0.39 is 4.92 Å². The van der Waals surface area contributed by atoms with Crippen LogP contribution in [-0.4, -0.2) is 55.8 Å². The van der Waals surface area contributed by atoms with E-state index in [0.717, 1.165) is 31.9 Å². The third kappa shape index (κ3) is 3.53. The van der Waals surface area contributed by atoms with Crippen molar-refractivity contribution >= 4 is 11.4 Å². The molecule has 1 fully saturated rings. The molecule has 0 N–H and O–H groups in total. The van der Waals surface area contributed by atoms with Crippen molar-refractivity contribution in [2.45, 2.75) is 13.0 Å². The quantitative estimate of drug-likeness (QED) is 0.607. The number of rotatable bonds is 5. The monoisotopic (exact) mass is 304 g/mol. The van der Waals surface area contributed by atoms with Crippen LogP contribution in [0.2, 0.25) is 0 Å². The molecule has 0 aromatic heterocycles. The molecule has 0 aliphatic carbocycles. The Labute approximate surface area is 129 Å². The van der Waals surface area contributed by atoms with Gasteiger partial charge in [-0.3, -0.25) is 15.0 Å². The van der Waals surface area contributed by atoms with E-state index in [1.54, 1.807) is 13.2 Å². The van der Waals surface area contributed by atoms with E-state index >= 15 is 0 Å². The van der Waals surface area contributed by atoms with Crippen LogP contribution in [0.1, 0.15) is 12.5 Å². The van der Waals surface area contributed by atoms with E-state index in [2.05, 4.69) is 22.8 Å². The standard InChI is InChI=1S/C15H20N4O3/c1-12(11-22-2)17-5-7-18(8-6-17)15-4-3-14(19(20)21)9-13(15)10-16/h3-4,9,12H,5-8,11H2,1-2H3. The van der Waals surface area contributed by atoms with Gasteiger partial charge in [-0.25, -0.2) is 0 Å². The summed E-state index contributed by atoms with van der Waals surface area (Å²) < 4.78 is 5.18. The molecule has 1 aromatic rings. The number of methoxy groups -OCH3 is 1. The van der Waals surface area contributed by atoms with Crippen LogP contribution >= 0.6 is 0 Å². The molecule has 1 saturated heterocycles. The lowest BCUT2D eigenvalue weighted by molar-refractivity contribution is -0.384. The molecule has 0 saturated carbocycles. The third-order valence-electron chi connectivity index (χ3n) is 4.00. The van der Waals surface area contributed by atoms with Gasteiger partial charge in [0.05, 0.1) is 22.8 Å². The Kier molecular flexibility index (Phi) is 5.31. The van der Waals surface area contributed by atoms with Gasteiger partial charge in [0, 0.05) is 51.5 Å². The predicted molar refractivity (Wildman–Crippen MR) is 82.9 cm³/mol. The van der Waals surface area contributed by atoms with Gasteiger partial charge in [-0.1, -0.05) is 0 Å². The summed E-state index contributed by atoms with van der Waals surface area (Å²) in [5.74, 6) is 0. The highest BCUT2D eigenvalue weighted by molar-refractivity contribution is 5.63. The maximum Gasteiger partial charge on any atom is 0.270 e. The fraction of sp³-hybridized carbons (Fsp3) is 0.533. The Bertz CT molecular complexity index is 577. The fourth-order valence-corrected chi connectivity index (χ4v) is 2.75. The van der Waals surface area contributed by atoms with Crippen LogP contribution in [0.5, 0.6) is 0 Å². The van der Waals surface area contributed by atoms with Gasteiger partial charge in [-0.2, -0.15) is 5.26 Å². The zero-order valence-electron chi connectivity index (χ0n) is 12.9. The molecule has 1 unspecified atom stereocenters. The van der Waals surface area contributed by atoms with E-state index in [1.165, 1.54) is 12.1 Å². The smallest absolute Gasteiger partial charge is 0.270 e. The van der Waals surface area contributed by atoms with Crippen molar-refractivity contribution in [3.63, 3.8) is 0 Å². The van der Waals surface area contributed by atoms with Crippen molar-refractivity contribution in [2.75, 3.05) is 44.8 Å². The van der Waals surface area contributed by atoms with Crippen LogP contribution in [-0.2, 0) is 4.74 Å². The first-order valence-corrected chi connectivity index (χ1v) is 7.23. The highest BCUT2D eigenvalue weighted by atomic mass is 16.6. The lowest BCUT2D eigenvalue weighted by Gasteiger charge is -2.39. The fourth-order valence-electron chi connectivity index (χ4n) is 2.75. The number of benzene rings is 1. The minimum atomic E-state index is -0.477. The van der Waals surface area contributed by atoms with Gasteiger partial charge in [-0.15, -0.1) is 0 Å². The zero-order chi connectivity index (χ0) is 16.1. The molecular weight excluding hydrogens is 284 g/mol. The number of hydrogen-bond acceptors (Lipinski definition) is 6. The molecule has 1 aromatic carbocycles. The normalized spacial score (nSPS) is 17.0. The molecule has 118 valence electrons. The number of non-ortho nitro benzene ring substituents is 1. The van der Waals surface area contributed by atoms with Crippen LogP contribution in [0, 0.1) is 21.4 Å². The molecule has 0 amide bonds. The Morgan fingerprint density at radius 2 is 2.09 bits per heavy atom. The van der Waals surface area contributed by atoms with Crippen LogP contribution < -0.4 is 4.90 Å². The maximum atomic E-state index is 10.8. The van der Waals surface area contributed by atoms with Gasteiger partial charge in [0.2, 0.25) is 0 Å². The van der Waals surface area contributed by atoms with Gasteiger partial charge < -0.3 is 9.64 Å². The zero-order valence-corrected chi connectivity index (χ0v) is 12.9. The number of hydrogen-bond donors (Lipinski definition) is 0. The number of nitro groups is 1. The number of nitriles is 1. The first kappa shape index (κ1) is 16.2. The number of nitrogens with zero attached hydrogens (tertiary/aromatic N) is 4. The molecule has 0 spiro atoms. The van der Waals surface area contributed by atoms with E-state index in [0.29, 0.717) is 18.2 Å². The molecule has 7 heteroatoms. The minimum Gasteiger partial charge on any atom is -0.383 e. The number of nitro benzene ring substituents is 1. The summed E-state index contributed by atoms with van der Waals surface area (Å²) in [5.41, 5.74) is 1.08. The second-order valence-corrected chi connectivity index (χ2v) is 5.40. The predicted octanol–water partition coefficient (Wildman–Crippen LogP) is 1.62. The molecule has 0 radical (unpaired) electrons. The second kappa shape index (κ2) is 7.20. The van der Waals surface area contributed by atoms with Crippen molar-refractivity contribution < 1.29 is 9.66 Å². The first-order valence-electron chi connectivity index (χ1n) is 7.23. The van der Waals surface area contributed by atoms with Gasteiger partial charge >= 0.3 is 0 Å². The van der Waals surface area contributed by atoms with Crippen molar-refractivity contribution in [1.82, 2.24) is 4.90 Å². The lowest BCUT2D eigenvalue weighted by atomic mass is 10.1. The van der Waals surface area contributed by atoms with E-state index in [4.69, 9.17) is 4.74 Å². The minimum absolute atomic E-state index is 0.0485. The Hall–Kier alpha value is -2.17. The van der Waals surface area contributed by atoms with Gasteiger partial charge in [-0.05, 0) is 13.0 Å². The van der Waals surface area contributed by atoms with Crippen molar-refractivity contribution in [2.24, 2.45) is 0 Å². The molecular formula is C15H20N4O3. The molecule has 1 aliphatic rings. The molecule has 1 aliphatic heterocycles. The summed E-state index contributed by atoms with van der Waals surface area (Å²) in [6, 6.07) is 6.89. The van der Waals surface area contributed by atoms with Crippen LogP contribution in [0.15, 0.2) is 18.2 Å². The molecule has 22 heavy (non-hydrogen) atoms. The molecule has 0 bridgehead atoms. The summed E-state index contributed by atoms with van der Waals surface area (Å²) in [7, 11) is 1.70. The molecule has 1 atom stereocenters. The highest BCUT2D eigenvalue weighted by Crippen LogP contribution is 2.26. The average Bonchev–Trinajstić information content (AvgIpc) is 2.54. The van der Waals surface area contributed by atoms with Gasteiger partial charge in [0.25, 0.3) is 5.69 Å². The molecule has 7 nitrogen and oxygen atoms in total. The van der Waals surface area contributed by atoms with Gasteiger partial charge in [0.15, 0.2) is 0 Å². The van der Waals surface area contributed by atoms with Crippen molar-refractivity contribution in [3.8, 4) is 6.07 Å². The lowest BCUT2D eigenvalue weighted by Crippen LogP contribution is -2.50. The SMILES string of the molecule is COCC(C)N1CCN(c2ccc([N+](=O)[O-])cc2C#N)CC1. The molecule has 1 heterocycles.